The summed E-state index contributed by atoms with van der Waals surface area (Å²) in [5.74, 6) is -1.34. The third-order valence-corrected chi connectivity index (χ3v) is 6.77. The summed E-state index contributed by atoms with van der Waals surface area (Å²) in [5.41, 5.74) is 1.34. The molecule has 1 aliphatic heterocycles. The highest BCUT2D eigenvalue weighted by molar-refractivity contribution is 7.17. The van der Waals surface area contributed by atoms with E-state index in [2.05, 4.69) is 10.3 Å². The van der Waals surface area contributed by atoms with E-state index in [9.17, 15) is 14.0 Å². The van der Waals surface area contributed by atoms with Gasteiger partial charge in [0.1, 0.15) is 9.88 Å². The maximum absolute atomic E-state index is 14.6. The van der Waals surface area contributed by atoms with Gasteiger partial charge in [0, 0.05) is 41.9 Å². The van der Waals surface area contributed by atoms with Gasteiger partial charge in [0.15, 0.2) is 11.6 Å². The van der Waals surface area contributed by atoms with Gasteiger partial charge in [0.25, 0.3) is 5.91 Å². The van der Waals surface area contributed by atoms with Gasteiger partial charge in [0.2, 0.25) is 0 Å². The zero-order valence-corrected chi connectivity index (χ0v) is 21.8. The van der Waals surface area contributed by atoms with Crippen LogP contribution in [0, 0.1) is 5.82 Å². The van der Waals surface area contributed by atoms with Crippen LogP contribution in [0.1, 0.15) is 42.6 Å². The quantitative estimate of drug-likeness (QED) is 0.380. The van der Waals surface area contributed by atoms with E-state index in [1.54, 1.807) is 12.1 Å². The van der Waals surface area contributed by atoms with E-state index < -0.39 is 17.8 Å². The van der Waals surface area contributed by atoms with Crippen LogP contribution >= 0.6 is 22.9 Å². The second kappa shape index (κ2) is 10.9. The SMILES string of the molecule is CC(C)(C)OCCc1nc(-c2ccc(Cl)cc2)sc1C(=O)Nc1ccc(OC(=O)N2CCC2)c(F)c1. The average molecular weight is 532 g/mol. The molecule has 1 aliphatic rings. The second-order valence-corrected chi connectivity index (χ2v) is 10.8. The van der Waals surface area contributed by atoms with Gasteiger partial charge >= 0.3 is 6.09 Å². The number of rotatable bonds is 7. The van der Waals surface area contributed by atoms with Gasteiger partial charge in [-0.15, -0.1) is 11.3 Å². The van der Waals surface area contributed by atoms with Crippen molar-refractivity contribution in [1.29, 1.82) is 0 Å². The Bertz CT molecular complexity index is 1250. The predicted octanol–water partition coefficient (Wildman–Crippen LogP) is 6.42. The number of halogens is 2. The third kappa shape index (κ3) is 6.60. The van der Waals surface area contributed by atoms with E-state index in [0.717, 1.165) is 18.1 Å². The molecule has 0 unspecified atom stereocenters. The van der Waals surface area contributed by atoms with Crippen LogP contribution < -0.4 is 10.1 Å². The molecule has 0 spiro atoms. The van der Waals surface area contributed by atoms with E-state index in [4.69, 9.17) is 21.1 Å². The Morgan fingerprint density at radius 1 is 1.17 bits per heavy atom. The molecule has 2 amide bonds. The molecule has 4 rings (SSSR count). The summed E-state index contributed by atoms with van der Waals surface area (Å²) in [6.45, 7) is 7.47. The molecule has 0 bridgehead atoms. The first-order chi connectivity index (χ1) is 17.1. The van der Waals surface area contributed by atoms with Crippen molar-refractivity contribution < 1.29 is 23.5 Å². The van der Waals surface area contributed by atoms with Crippen LogP contribution in [0.4, 0.5) is 14.9 Å². The van der Waals surface area contributed by atoms with Crippen LogP contribution in [0.25, 0.3) is 10.6 Å². The van der Waals surface area contributed by atoms with Gasteiger partial charge in [-0.3, -0.25) is 4.79 Å². The van der Waals surface area contributed by atoms with Gasteiger partial charge in [-0.25, -0.2) is 14.2 Å². The maximum atomic E-state index is 14.6. The molecule has 0 radical (unpaired) electrons. The third-order valence-electron chi connectivity index (χ3n) is 5.37. The van der Waals surface area contributed by atoms with E-state index in [-0.39, 0.29) is 17.0 Å². The summed E-state index contributed by atoms with van der Waals surface area (Å²) in [6.07, 6.45) is 0.757. The Labute approximate surface area is 218 Å². The maximum Gasteiger partial charge on any atom is 0.415 e. The van der Waals surface area contributed by atoms with Gasteiger partial charge in [-0.1, -0.05) is 23.7 Å². The number of amides is 2. The molecule has 1 aromatic heterocycles. The van der Waals surface area contributed by atoms with Crippen LogP contribution in [-0.2, 0) is 11.2 Å². The number of likely N-dealkylation sites (tertiary alicyclic amines) is 1. The average Bonchev–Trinajstić information content (AvgIpc) is 3.18. The second-order valence-electron chi connectivity index (χ2n) is 9.32. The smallest absolute Gasteiger partial charge is 0.407 e. The number of ether oxygens (including phenoxy) is 2. The lowest BCUT2D eigenvalue weighted by molar-refractivity contribution is -0.00125. The van der Waals surface area contributed by atoms with E-state index in [0.29, 0.717) is 46.7 Å². The Kier molecular flexibility index (Phi) is 7.92. The van der Waals surface area contributed by atoms with Crippen molar-refractivity contribution in [2.24, 2.45) is 0 Å². The molecule has 10 heteroatoms. The van der Waals surface area contributed by atoms with Crippen LogP contribution in [0.3, 0.4) is 0 Å². The molecule has 0 saturated carbocycles. The zero-order chi connectivity index (χ0) is 25.9. The number of aromatic nitrogens is 1. The topological polar surface area (TPSA) is 80.8 Å². The number of thiazole rings is 1. The molecule has 1 saturated heterocycles. The van der Waals surface area contributed by atoms with E-state index >= 15 is 0 Å². The minimum absolute atomic E-state index is 0.187. The first-order valence-corrected chi connectivity index (χ1v) is 12.8. The minimum Gasteiger partial charge on any atom is -0.407 e. The van der Waals surface area contributed by atoms with Crippen molar-refractivity contribution >= 4 is 40.6 Å². The van der Waals surface area contributed by atoms with Crippen molar-refractivity contribution in [1.82, 2.24) is 9.88 Å². The molecule has 1 N–H and O–H groups in total. The number of carbonyl (C=O) groups excluding carboxylic acids is 2. The Morgan fingerprint density at radius 3 is 2.50 bits per heavy atom. The molecule has 2 heterocycles. The molecular formula is C26H27ClFN3O4S. The molecule has 7 nitrogen and oxygen atoms in total. The lowest BCUT2D eigenvalue weighted by Crippen LogP contribution is -2.43. The monoisotopic (exact) mass is 531 g/mol. The Morgan fingerprint density at radius 2 is 1.89 bits per heavy atom. The fraction of sp³-hybridized carbons (Fsp3) is 0.346. The Hall–Kier alpha value is -3.01. The molecule has 0 atom stereocenters. The highest BCUT2D eigenvalue weighted by Gasteiger charge is 2.24. The van der Waals surface area contributed by atoms with Crippen LogP contribution in [0.2, 0.25) is 5.02 Å². The van der Waals surface area contributed by atoms with Crippen molar-refractivity contribution in [3.8, 4) is 16.3 Å². The normalized spacial score (nSPS) is 13.3. The minimum atomic E-state index is -0.744. The van der Waals surface area contributed by atoms with E-state index in [1.807, 2.05) is 32.9 Å². The highest BCUT2D eigenvalue weighted by Crippen LogP contribution is 2.31. The van der Waals surface area contributed by atoms with Crippen molar-refractivity contribution in [2.45, 2.75) is 39.2 Å². The number of hydrogen-bond acceptors (Lipinski definition) is 6. The van der Waals surface area contributed by atoms with Gasteiger partial charge in [-0.05, 0) is 51.5 Å². The van der Waals surface area contributed by atoms with Gasteiger partial charge in [-0.2, -0.15) is 0 Å². The van der Waals surface area contributed by atoms with Crippen molar-refractivity contribution in [3.05, 3.63) is 63.9 Å². The highest BCUT2D eigenvalue weighted by atomic mass is 35.5. The largest absolute Gasteiger partial charge is 0.415 e. The summed E-state index contributed by atoms with van der Waals surface area (Å²) < 4.78 is 25.5. The molecule has 0 aliphatic carbocycles. The fourth-order valence-corrected chi connectivity index (χ4v) is 4.51. The standard InChI is InChI=1S/C26H27ClFN3O4S/c1-26(2,3)34-14-11-20-22(36-24(30-20)16-5-7-17(27)8-6-16)23(32)29-18-9-10-21(19(28)15-18)35-25(33)31-12-4-13-31/h5-10,15H,4,11-14H2,1-3H3,(H,29,32). The number of hydrogen-bond donors (Lipinski definition) is 1. The zero-order valence-electron chi connectivity index (χ0n) is 20.3. The van der Waals surface area contributed by atoms with Crippen LogP contribution in [0.15, 0.2) is 42.5 Å². The predicted molar refractivity (Wildman–Crippen MR) is 139 cm³/mol. The van der Waals surface area contributed by atoms with Gasteiger partial charge < -0.3 is 19.7 Å². The summed E-state index contributed by atoms with van der Waals surface area (Å²) in [4.78, 5) is 31.7. The molecule has 1 fully saturated rings. The van der Waals surface area contributed by atoms with E-state index in [1.165, 1.54) is 28.4 Å². The molecule has 190 valence electrons. The first-order valence-electron chi connectivity index (χ1n) is 11.6. The first kappa shape index (κ1) is 26.1. The Balaban J connectivity index is 1.51. The molecule has 36 heavy (non-hydrogen) atoms. The molecular weight excluding hydrogens is 505 g/mol. The number of nitrogens with zero attached hydrogens (tertiary/aromatic N) is 2. The van der Waals surface area contributed by atoms with Crippen molar-refractivity contribution in [3.63, 3.8) is 0 Å². The molecule has 3 aromatic rings. The number of carbonyl (C=O) groups is 2. The molecule has 2 aromatic carbocycles. The summed E-state index contributed by atoms with van der Waals surface area (Å²) in [7, 11) is 0. The lowest BCUT2D eigenvalue weighted by Gasteiger charge is -2.29. The number of nitrogens with one attached hydrogen (secondary N) is 1. The van der Waals surface area contributed by atoms with Crippen LogP contribution in [-0.4, -0.2) is 47.2 Å². The van der Waals surface area contributed by atoms with Crippen molar-refractivity contribution in [2.75, 3.05) is 25.0 Å². The lowest BCUT2D eigenvalue weighted by atomic mass is 10.2. The van der Waals surface area contributed by atoms with Gasteiger partial charge in [0.05, 0.1) is 17.9 Å². The summed E-state index contributed by atoms with van der Waals surface area (Å²) in [6, 6.07) is 11.1. The summed E-state index contributed by atoms with van der Waals surface area (Å²) in [5, 5.41) is 4.00. The van der Waals surface area contributed by atoms with Crippen LogP contribution in [0.5, 0.6) is 5.75 Å². The fourth-order valence-electron chi connectivity index (χ4n) is 3.38. The number of anilines is 1. The summed E-state index contributed by atoms with van der Waals surface area (Å²) >= 11 is 7.25. The number of benzene rings is 2.